The Morgan fingerprint density at radius 2 is 1.61 bits per heavy atom. The number of halogens is 3. The molecule has 8 heteroatoms. The summed E-state index contributed by atoms with van der Waals surface area (Å²) in [5, 5.41) is 14.7. The molecule has 0 saturated carbocycles. The Morgan fingerprint density at radius 1 is 0.968 bits per heavy atom. The molecule has 0 aliphatic carbocycles. The van der Waals surface area contributed by atoms with Crippen molar-refractivity contribution >= 4 is 40.9 Å². The van der Waals surface area contributed by atoms with Crippen LogP contribution in [0.15, 0.2) is 48.5 Å². The SMILES string of the molecule is CN(C)[C@@H](c1ccc(Cl)cc1)c1nnnn1[C@@H](/C=C\c1ccc(Cl)cc1Cl)C(C)(C)C. The molecule has 31 heavy (non-hydrogen) atoms. The summed E-state index contributed by atoms with van der Waals surface area (Å²) in [4.78, 5) is 2.09. The van der Waals surface area contributed by atoms with Crippen molar-refractivity contribution in [3.8, 4) is 0 Å². The van der Waals surface area contributed by atoms with Crippen molar-refractivity contribution < 1.29 is 0 Å². The molecular weight excluding hydrogens is 453 g/mol. The predicted molar refractivity (Wildman–Crippen MR) is 129 cm³/mol. The van der Waals surface area contributed by atoms with Gasteiger partial charge in [0.1, 0.15) is 0 Å². The van der Waals surface area contributed by atoms with Crippen molar-refractivity contribution in [1.29, 1.82) is 0 Å². The summed E-state index contributed by atoms with van der Waals surface area (Å²) in [6.07, 6.45) is 4.08. The van der Waals surface area contributed by atoms with Crippen LogP contribution in [0.1, 0.15) is 49.8 Å². The molecule has 1 heterocycles. The lowest BCUT2D eigenvalue weighted by Crippen LogP contribution is -2.30. The van der Waals surface area contributed by atoms with E-state index in [4.69, 9.17) is 34.8 Å². The highest BCUT2D eigenvalue weighted by Gasteiger charge is 2.31. The second kappa shape index (κ2) is 9.70. The fourth-order valence-electron chi connectivity index (χ4n) is 3.47. The largest absolute Gasteiger partial charge is 0.296 e. The summed E-state index contributed by atoms with van der Waals surface area (Å²) < 4.78 is 1.89. The Labute approximate surface area is 198 Å². The Hall–Kier alpha value is -1.92. The Balaban J connectivity index is 2.05. The third-order valence-electron chi connectivity index (χ3n) is 5.04. The van der Waals surface area contributed by atoms with Gasteiger partial charge in [-0.1, -0.05) is 85.9 Å². The summed E-state index contributed by atoms with van der Waals surface area (Å²) in [5.41, 5.74) is 1.79. The van der Waals surface area contributed by atoms with Crippen LogP contribution in [0.3, 0.4) is 0 Å². The van der Waals surface area contributed by atoms with E-state index in [1.54, 1.807) is 6.07 Å². The van der Waals surface area contributed by atoms with Gasteiger partial charge in [-0.3, -0.25) is 4.90 Å². The maximum Gasteiger partial charge on any atom is 0.173 e. The summed E-state index contributed by atoms with van der Waals surface area (Å²) in [6, 6.07) is 13.0. The minimum absolute atomic E-state index is 0.112. The van der Waals surface area contributed by atoms with E-state index in [9.17, 15) is 0 Å². The van der Waals surface area contributed by atoms with Crippen LogP contribution in [0.5, 0.6) is 0 Å². The van der Waals surface area contributed by atoms with Gasteiger partial charge in [-0.2, -0.15) is 0 Å². The average Bonchev–Trinajstić information content (AvgIpc) is 3.12. The van der Waals surface area contributed by atoms with Gasteiger partial charge in [-0.15, -0.1) is 5.10 Å². The van der Waals surface area contributed by atoms with Gasteiger partial charge < -0.3 is 0 Å². The minimum atomic E-state index is -0.156. The van der Waals surface area contributed by atoms with E-state index in [0.29, 0.717) is 15.1 Å². The summed E-state index contributed by atoms with van der Waals surface area (Å²) in [6.45, 7) is 6.47. The minimum Gasteiger partial charge on any atom is -0.296 e. The van der Waals surface area contributed by atoms with Gasteiger partial charge in [0.25, 0.3) is 0 Å². The zero-order valence-electron chi connectivity index (χ0n) is 18.2. The van der Waals surface area contributed by atoms with Gasteiger partial charge in [-0.05, 0) is 65.3 Å². The molecule has 0 radical (unpaired) electrons. The third-order valence-corrected chi connectivity index (χ3v) is 5.85. The van der Waals surface area contributed by atoms with Gasteiger partial charge in [0, 0.05) is 15.1 Å². The molecule has 0 N–H and O–H groups in total. The first-order valence-corrected chi connectivity index (χ1v) is 11.0. The molecule has 0 fully saturated rings. The number of aromatic nitrogens is 4. The molecule has 5 nitrogen and oxygen atoms in total. The van der Waals surface area contributed by atoms with Crippen LogP contribution < -0.4 is 0 Å². The van der Waals surface area contributed by atoms with E-state index in [1.165, 1.54) is 0 Å². The van der Waals surface area contributed by atoms with Crippen LogP contribution in [0, 0.1) is 5.41 Å². The summed E-state index contributed by atoms with van der Waals surface area (Å²) >= 11 is 18.5. The molecule has 0 aliphatic rings. The first-order valence-electron chi connectivity index (χ1n) is 9.91. The molecule has 0 aliphatic heterocycles. The maximum atomic E-state index is 6.37. The highest BCUT2D eigenvalue weighted by atomic mass is 35.5. The molecule has 3 rings (SSSR count). The molecule has 2 atom stereocenters. The number of hydrogen-bond donors (Lipinski definition) is 0. The molecular formula is C23H26Cl3N5. The highest BCUT2D eigenvalue weighted by molar-refractivity contribution is 6.35. The first-order chi connectivity index (χ1) is 14.6. The van der Waals surface area contributed by atoms with Crippen LogP contribution >= 0.6 is 34.8 Å². The maximum absolute atomic E-state index is 6.37. The van der Waals surface area contributed by atoms with Gasteiger partial charge in [0.2, 0.25) is 0 Å². The fourth-order valence-corrected chi connectivity index (χ4v) is 4.07. The van der Waals surface area contributed by atoms with E-state index in [0.717, 1.165) is 17.0 Å². The standard InChI is InChI=1S/C23H26Cl3N5/c1-23(2,3)20(13-9-15-6-12-18(25)14-19(15)26)31-22(27-28-29-31)21(30(4)5)16-7-10-17(24)11-8-16/h6-14,20-21H,1-5H3/b13-9-/t20-,21-/m0/s1. The molecule has 0 spiro atoms. The van der Waals surface area contributed by atoms with E-state index in [2.05, 4.69) is 47.3 Å². The molecule has 164 valence electrons. The van der Waals surface area contributed by atoms with Gasteiger partial charge in [0.05, 0.1) is 12.1 Å². The molecule has 3 aromatic rings. The van der Waals surface area contributed by atoms with Crippen molar-refractivity contribution in [2.75, 3.05) is 14.1 Å². The molecule has 0 unspecified atom stereocenters. The molecule has 0 amide bonds. The van der Waals surface area contributed by atoms with Crippen LogP contribution in [0.25, 0.3) is 6.08 Å². The van der Waals surface area contributed by atoms with E-state index in [-0.39, 0.29) is 17.5 Å². The molecule has 2 aromatic carbocycles. The van der Waals surface area contributed by atoms with Gasteiger partial charge in [0.15, 0.2) is 5.82 Å². The summed E-state index contributed by atoms with van der Waals surface area (Å²) in [7, 11) is 4.02. The Kier molecular flexibility index (Phi) is 7.43. The van der Waals surface area contributed by atoms with Crippen LogP contribution in [-0.4, -0.2) is 39.2 Å². The third kappa shape index (κ3) is 5.66. The number of hydrogen-bond acceptors (Lipinski definition) is 4. The Morgan fingerprint density at radius 3 is 2.19 bits per heavy atom. The lowest BCUT2D eigenvalue weighted by atomic mass is 9.86. The lowest BCUT2D eigenvalue weighted by Gasteiger charge is -2.31. The summed E-state index contributed by atoms with van der Waals surface area (Å²) in [5.74, 6) is 0.749. The second-order valence-electron chi connectivity index (χ2n) is 8.74. The van der Waals surface area contributed by atoms with E-state index in [1.807, 2.05) is 61.3 Å². The normalized spacial score (nSPS) is 14.4. The Bertz CT molecular complexity index is 1050. The second-order valence-corrected chi connectivity index (χ2v) is 10.0. The molecule has 1 aromatic heterocycles. The lowest BCUT2D eigenvalue weighted by molar-refractivity contribution is 0.245. The fraction of sp³-hybridized carbons (Fsp3) is 0.348. The van der Waals surface area contributed by atoms with E-state index < -0.39 is 0 Å². The number of allylic oxidation sites excluding steroid dienone is 1. The molecule has 0 bridgehead atoms. The number of tetrazole rings is 1. The van der Waals surface area contributed by atoms with Crippen LogP contribution in [-0.2, 0) is 0 Å². The monoisotopic (exact) mass is 477 g/mol. The smallest absolute Gasteiger partial charge is 0.173 e. The quantitative estimate of drug-likeness (QED) is 0.401. The van der Waals surface area contributed by atoms with Crippen molar-refractivity contribution in [2.45, 2.75) is 32.9 Å². The number of rotatable bonds is 6. The highest BCUT2D eigenvalue weighted by Crippen LogP contribution is 2.36. The van der Waals surface area contributed by atoms with Crippen molar-refractivity contribution in [2.24, 2.45) is 5.41 Å². The number of benzene rings is 2. The van der Waals surface area contributed by atoms with Crippen LogP contribution in [0.4, 0.5) is 0 Å². The van der Waals surface area contributed by atoms with Gasteiger partial charge in [-0.25, -0.2) is 4.68 Å². The zero-order valence-corrected chi connectivity index (χ0v) is 20.5. The topological polar surface area (TPSA) is 46.8 Å². The van der Waals surface area contributed by atoms with Crippen molar-refractivity contribution in [3.63, 3.8) is 0 Å². The predicted octanol–water partition coefficient (Wildman–Crippen LogP) is 6.58. The van der Waals surface area contributed by atoms with Crippen molar-refractivity contribution in [3.05, 3.63) is 80.6 Å². The zero-order chi connectivity index (χ0) is 22.8. The van der Waals surface area contributed by atoms with Crippen molar-refractivity contribution in [1.82, 2.24) is 25.1 Å². The first kappa shape index (κ1) is 23.7. The number of nitrogens with zero attached hydrogens (tertiary/aromatic N) is 5. The van der Waals surface area contributed by atoms with Gasteiger partial charge >= 0.3 is 0 Å². The molecule has 0 saturated heterocycles. The van der Waals surface area contributed by atoms with Crippen LogP contribution in [0.2, 0.25) is 15.1 Å². The average molecular weight is 479 g/mol. The van der Waals surface area contributed by atoms with E-state index >= 15 is 0 Å².